The Morgan fingerprint density at radius 2 is 1.52 bits per heavy atom. The Labute approximate surface area is 197 Å². The summed E-state index contributed by atoms with van der Waals surface area (Å²) in [6, 6.07) is 21.3. The zero-order valence-corrected chi connectivity index (χ0v) is 18.9. The van der Waals surface area contributed by atoms with Crippen LogP contribution in [0.3, 0.4) is 0 Å². The molecule has 0 aliphatic rings. The van der Waals surface area contributed by atoms with Crippen molar-refractivity contribution in [1.82, 2.24) is 5.32 Å². The van der Waals surface area contributed by atoms with E-state index in [1.54, 1.807) is 87.0 Å². The zero-order chi connectivity index (χ0) is 23.6. The number of amides is 2. The second-order valence-corrected chi connectivity index (χ2v) is 7.20. The average molecular weight is 462 g/mol. The predicted octanol–water partition coefficient (Wildman–Crippen LogP) is 4.48. The molecule has 0 atom stereocenters. The summed E-state index contributed by atoms with van der Waals surface area (Å²) in [5, 5.41) is 8.48. The lowest BCUT2D eigenvalue weighted by atomic mass is 10.2. The molecule has 0 aromatic heterocycles. The normalized spacial score (nSPS) is 10.4. The van der Waals surface area contributed by atoms with Crippen molar-refractivity contribution in [3.05, 3.63) is 90.0 Å². The van der Waals surface area contributed by atoms with E-state index in [4.69, 9.17) is 21.7 Å². The van der Waals surface area contributed by atoms with E-state index in [-0.39, 0.29) is 11.0 Å². The van der Waals surface area contributed by atoms with Crippen molar-refractivity contribution in [3.63, 3.8) is 0 Å². The van der Waals surface area contributed by atoms with Crippen LogP contribution in [-0.2, 0) is 4.79 Å². The zero-order valence-electron chi connectivity index (χ0n) is 18.1. The van der Waals surface area contributed by atoms with Crippen LogP contribution in [0.25, 0.3) is 6.08 Å². The highest BCUT2D eigenvalue weighted by Gasteiger charge is 2.07. The smallest absolute Gasteiger partial charge is 0.255 e. The number of carbonyl (C=O) groups is 2. The third kappa shape index (κ3) is 6.91. The Morgan fingerprint density at radius 3 is 2.21 bits per heavy atom. The second kappa shape index (κ2) is 11.4. The van der Waals surface area contributed by atoms with Gasteiger partial charge >= 0.3 is 0 Å². The van der Waals surface area contributed by atoms with Gasteiger partial charge in [0.2, 0.25) is 5.91 Å². The fourth-order valence-corrected chi connectivity index (χ4v) is 3.13. The third-order valence-electron chi connectivity index (χ3n) is 4.49. The number of methoxy groups -OCH3 is 2. The molecule has 0 aliphatic carbocycles. The topological polar surface area (TPSA) is 88.7 Å². The minimum absolute atomic E-state index is 0.128. The number of anilines is 2. The highest BCUT2D eigenvalue weighted by atomic mass is 32.1. The van der Waals surface area contributed by atoms with Crippen molar-refractivity contribution >= 4 is 46.6 Å². The summed E-state index contributed by atoms with van der Waals surface area (Å²) in [5.74, 6) is 0.558. The van der Waals surface area contributed by atoms with E-state index in [0.29, 0.717) is 28.4 Å². The van der Waals surface area contributed by atoms with E-state index in [1.807, 2.05) is 6.07 Å². The van der Waals surface area contributed by atoms with Crippen molar-refractivity contribution < 1.29 is 19.1 Å². The van der Waals surface area contributed by atoms with Crippen LogP contribution in [0.2, 0.25) is 0 Å². The molecule has 0 heterocycles. The summed E-state index contributed by atoms with van der Waals surface area (Å²) in [6.07, 6.45) is 3.01. The molecular formula is C25H23N3O4S. The second-order valence-electron chi connectivity index (χ2n) is 6.79. The number of thiocarbonyl (C=S) groups is 1. The predicted molar refractivity (Wildman–Crippen MR) is 134 cm³/mol. The molecule has 0 spiro atoms. The van der Waals surface area contributed by atoms with E-state index in [9.17, 15) is 9.59 Å². The minimum atomic E-state index is -0.393. The van der Waals surface area contributed by atoms with Crippen molar-refractivity contribution in [1.29, 1.82) is 0 Å². The molecule has 0 fully saturated rings. The van der Waals surface area contributed by atoms with Gasteiger partial charge in [-0.3, -0.25) is 14.9 Å². The Morgan fingerprint density at radius 1 is 0.818 bits per heavy atom. The maximum absolute atomic E-state index is 12.3. The van der Waals surface area contributed by atoms with Gasteiger partial charge in [-0.25, -0.2) is 0 Å². The first-order chi connectivity index (χ1) is 16.0. The number of hydrogen-bond acceptors (Lipinski definition) is 5. The fourth-order valence-electron chi connectivity index (χ4n) is 2.91. The molecule has 3 aromatic carbocycles. The van der Waals surface area contributed by atoms with Crippen molar-refractivity contribution in [2.24, 2.45) is 0 Å². The SMILES string of the molecule is COc1ccc(/C=C/C(=O)NC(=S)Nc2cccc(NC(=O)c3ccccc3)c2)cc1OC. The quantitative estimate of drug-likeness (QED) is 0.355. The first kappa shape index (κ1) is 23.5. The lowest BCUT2D eigenvalue weighted by Gasteiger charge is -2.11. The van der Waals surface area contributed by atoms with Crippen LogP contribution < -0.4 is 25.4 Å². The molecule has 0 unspecified atom stereocenters. The summed E-state index contributed by atoms with van der Waals surface area (Å²) in [7, 11) is 3.10. The summed E-state index contributed by atoms with van der Waals surface area (Å²) < 4.78 is 10.5. The number of benzene rings is 3. The number of nitrogens with one attached hydrogen (secondary N) is 3. The van der Waals surface area contributed by atoms with Crippen LogP contribution in [-0.4, -0.2) is 31.1 Å². The fraction of sp³-hybridized carbons (Fsp3) is 0.0800. The van der Waals surface area contributed by atoms with Crippen molar-refractivity contribution in [2.75, 3.05) is 24.9 Å². The van der Waals surface area contributed by atoms with Crippen LogP contribution in [0.15, 0.2) is 78.9 Å². The first-order valence-corrected chi connectivity index (χ1v) is 10.4. The van der Waals surface area contributed by atoms with E-state index in [0.717, 1.165) is 5.56 Å². The van der Waals surface area contributed by atoms with Gasteiger partial charge in [-0.05, 0) is 66.3 Å². The Hall–Kier alpha value is -4.17. The lowest BCUT2D eigenvalue weighted by Crippen LogP contribution is -2.32. The van der Waals surface area contributed by atoms with Crippen LogP contribution in [0.5, 0.6) is 11.5 Å². The largest absolute Gasteiger partial charge is 0.493 e. The summed E-state index contributed by atoms with van der Waals surface area (Å²) in [4.78, 5) is 24.5. The number of carbonyl (C=O) groups excluding carboxylic acids is 2. The van der Waals surface area contributed by atoms with E-state index < -0.39 is 5.91 Å². The number of hydrogen-bond donors (Lipinski definition) is 3. The monoisotopic (exact) mass is 461 g/mol. The third-order valence-corrected chi connectivity index (χ3v) is 4.69. The standard InChI is InChI=1S/C25H23N3O4S/c1-31-21-13-11-17(15-22(21)32-2)12-14-23(29)28-25(33)27-20-10-6-9-19(16-20)26-24(30)18-7-4-3-5-8-18/h3-16H,1-2H3,(H,26,30)(H2,27,28,29,33)/b14-12+. The highest BCUT2D eigenvalue weighted by Crippen LogP contribution is 2.27. The molecule has 33 heavy (non-hydrogen) atoms. The maximum Gasteiger partial charge on any atom is 0.255 e. The summed E-state index contributed by atoms with van der Waals surface area (Å²) in [6.45, 7) is 0. The molecular weight excluding hydrogens is 438 g/mol. The van der Waals surface area contributed by atoms with Crippen molar-refractivity contribution in [2.45, 2.75) is 0 Å². The number of rotatable bonds is 7. The van der Waals surface area contributed by atoms with Gasteiger partial charge in [-0.2, -0.15) is 0 Å². The molecule has 3 rings (SSSR count). The molecule has 2 amide bonds. The highest BCUT2D eigenvalue weighted by molar-refractivity contribution is 7.80. The van der Waals surface area contributed by atoms with Crippen LogP contribution in [0.4, 0.5) is 11.4 Å². The molecule has 0 saturated carbocycles. The van der Waals surface area contributed by atoms with E-state index in [1.165, 1.54) is 6.08 Å². The lowest BCUT2D eigenvalue weighted by molar-refractivity contribution is -0.115. The Bertz CT molecular complexity index is 1180. The van der Waals surface area contributed by atoms with Gasteiger partial charge in [-0.1, -0.05) is 30.3 Å². The van der Waals surface area contributed by atoms with Gasteiger partial charge in [0, 0.05) is 23.0 Å². The van der Waals surface area contributed by atoms with Crippen LogP contribution >= 0.6 is 12.2 Å². The van der Waals surface area contributed by atoms with Gasteiger partial charge in [0.05, 0.1) is 14.2 Å². The molecule has 168 valence electrons. The molecule has 0 radical (unpaired) electrons. The summed E-state index contributed by atoms with van der Waals surface area (Å²) in [5.41, 5.74) is 2.54. The van der Waals surface area contributed by atoms with Crippen LogP contribution in [0.1, 0.15) is 15.9 Å². The Balaban J connectivity index is 1.56. The molecule has 8 heteroatoms. The van der Waals surface area contributed by atoms with Gasteiger partial charge in [0.25, 0.3) is 5.91 Å². The molecule has 0 saturated heterocycles. The molecule has 3 aromatic rings. The minimum Gasteiger partial charge on any atom is -0.493 e. The van der Waals surface area contributed by atoms with Gasteiger partial charge in [0.15, 0.2) is 16.6 Å². The number of ether oxygens (including phenoxy) is 2. The van der Waals surface area contributed by atoms with Crippen LogP contribution in [0, 0.1) is 0 Å². The van der Waals surface area contributed by atoms with Gasteiger partial charge < -0.3 is 20.1 Å². The maximum atomic E-state index is 12.3. The van der Waals surface area contributed by atoms with E-state index >= 15 is 0 Å². The molecule has 0 bridgehead atoms. The van der Waals surface area contributed by atoms with E-state index in [2.05, 4.69) is 16.0 Å². The molecule has 3 N–H and O–H groups in total. The molecule has 0 aliphatic heterocycles. The van der Waals surface area contributed by atoms with Crippen molar-refractivity contribution in [3.8, 4) is 11.5 Å². The molecule has 7 nitrogen and oxygen atoms in total. The first-order valence-electron chi connectivity index (χ1n) is 9.97. The van der Waals surface area contributed by atoms with Gasteiger partial charge in [0.1, 0.15) is 0 Å². The Kier molecular flexibility index (Phi) is 8.15. The average Bonchev–Trinajstić information content (AvgIpc) is 2.83. The summed E-state index contributed by atoms with van der Waals surface area (Å²) >= 11 is 5.22. The van der Waals surface area contributed by atoms with Gasteiger partial charge in [-0.15, -0.1) is 0 Å².